The average Bonchev–Trinajstić information content (AvgIpc) is 2.75. The predicted molar refractivity (Wildman–Crippen MR) is 48.2 cm³/mol. The van der Waals surface area contributed by atoms with Crippen LogP contribution < -0.4 is 5.73 Å². The molecule has 0 aromatic carbocycles. The van der Waals surface area contributed by atoms with E-state index in [0.717, 1.165) is 24.5 Å². The van der Waals surface area contributed by atoms with Gasteiger partial charge in [0.25, 0.3) is 0 Å². The number of rotatable bonds is 2. The van der Waals surface area contributed by atoms with Crippen LogP contribution in [0, 0.1) is 0 Å². The number of nitrogens with zero attached hydrogens (tertiary/aromatic N) is 1. The minimum atomic E-state index is 0.523. The van der Waals surface area contributed by atoms with Crippen LogP contribution in [-0.4, -0.2) is 18.2 Å². The lowest BCUT2D eigenvalue weighted by Gasteiger charge is -1.99. The molecule has 1 aromatic heterocycles. The van der Waals surface area contributed by atoms with Gasteiger partial charge >= 0.3 is 0 Å². The molecule has 0 amide bonds. The summed E-state index contributed by atoms with van der Waals surface area (Å²) in [5.41, 5.74) is 5.50. The first-order valence-electron chi connectivity index (χ1n) is 4.12. The number of thiazole rings is 1. The molecule has 1 fully saturated rings. The van der Waals surface area contributed by atoms with Gasteiger partial charge in [0, 0.05) is 30.1 Å². The maximum atomic E-state index is 5.50. The lowest BCUT2D eigenvalue weighted by atomic mass is 10.1. The predicted octanol–water partition coefficient (Wildman–Crippen LogP) is 1.11. The van der Waals surface area contributed by atoms with E-state index in [1.807, 2.05) is 6.20 Å². The van der Waals surface area contributed by atoms with Crippen LogP contribution in [0.5, 0.6) is 0 Å². The first-order valence-corrected chi connectivity index (χ1v) is 4.94. The van der Waals surface area contributed by atoms with Crippen LogP contribution in [0.3, 0.4) is 0 Å². The van der Waals surface area contributed by atoms with E-state index in [9.17, 15) is 0 Å². The largest absolute Gasteiger partial charge is 0.381 e. The highest BCUT2D eigenvalue weighted by atomic mass is 32.1. The highest BCUT2D eigenvalue weighted by molar-refractivity contribution is 7.11. The van der Waals surface area contributed by atoms with Gasteiger partial charge in [0.2, 0.25) is 0 Å². The molecule has 0 saturated carbocycles. The van der Waals surface area contributed by atoms with Crippen molar-refractivity contribution in [2.45, 2.75) is 18.9 Å². The lowest BCUT2D eigenvalue weighted by molar-refractivity contribution is 0.194. The summed E-state index contributed by atoms with van der Waals surface area (Å²) in [6.07, 6.45) is 2.98. The van der Waals surface area contributed by atoms with Crippen LogP contribution in [0.15, 0.2) is 6.20 Å². The molecule has 0 radical (unpaired) electrons. The fraction of sp³-hybridized carbons (Fsp3) is 0.625. The first-order chi connectivity index (χ1) is 5.90. The summed E-state index contributed by atoms with van der Waals surface area (Å²) >= 11 is 1.71. The molecule has 0 aliphatic carbocycles. The SMILES string of the molecule is NCc1cnc(C2CCOC2)s1. The molecule has 0 spiro atoms. The van der Waals surface area contributed by atoms with E-state index in [1.54, 1.807) is 11.3 Å². The van der Waals surface area contributed by atoms with Crippen molar-refractivity contribution in [1.82, 2.24) is 4.98 Å². The summed E-state index contributed by atoms with van der Waals surface area (Å²) in [7, 11) is 0. The Morgan fingerprint density at radius 3 is 3.25 bits per heavy atom. The molecule has 66 valence electrons. The molecular weight excluding hydrogens is 172 g/mol. The Kier molecular flexibility index (Phi) is 2.39. The fourth-order valence-electron chi connectivity index (χ4n) is 1.34. The van der Waals surface area contributed by atoms with Gasteiger partial charge in [-0.3, -0.25) is 0 Å². The van der Waals surface area contributed by atoms with E-state index in [-0.39, 0.29) is 0 Å². The van der Waals surface area contributed by atoms with Crippen LogP contribution >= 0.6 is 11.3 Å². The molecule has 3 nitrogen and oxygen atoms in total. The maximum Gasteiger partial charge on any atom is 0.0982 e. The van der Waals surface area contributed by atoms with Crippen LogP contribution in [0.25, 0.3) is 0 Å². The zero-order valence-electron chi connectivity index (χ0n) is 6.82. The number of hydrogen-bond acceptors (Lipinski definition) is 4. The molecule has 1 unspecified atom stereocenters. The second-order valence-corrected chi connectivity index (χ2v) is 4.08. The van der Waals surface area contributed by atoms with Gasteiger partial charge in [-0.2, -0.15) is 0 Å². The quantitative estimate of drug-likeness (QED) is 0.749. The van der Waals surface area contributed by atoms with Crippen molar-refractivity contribution in [2.75, 3.05) is 13.2 Å². The van der Waals surface area contributed by atoms with Crippen LogP contribution in [0.4, 0.5) is 0 Å². The highest BCUT2D eigenvalue weighted by Gasteiger charge is 2.20. The molecule has 1 aromatic rings. The molecule has 4 heteroatoms. The molecule has 1 aliphatic rings. The highest BCUT2D eigenvalue weighted by Crippen LogP contribution is 2.28. The van der Waals surface area contributed by atoms with Gasteiger partial charge in [0.15, 0.2) is 0 Å². The molecule has 1 saturated heterocycles. The molecule has 1 aliphatic heterocycles. The average molecular weight is 184 g/mol. The topological polar surface area (TPSA) is 48.1 Å². The van der Waals surface area contributed by atoms with Crippen molar-refractivity contribution < 1.29 is 4.74 Å². The van der Waals surface area contributed by atoms with E-state index in [2.05, 4.69) is 4.98 Å². The van der Waals surface area contributed by atoms with Crippen molar-refractivity contribution in [2.24, 2.45) is 5.73 Å². The normalized spacial score (nSPS) is 23.2. The van der Waals surface area contributed by atoms with Crippen molar-refractivity contribution in [3.63, 3.8) is 0 Å². The standard InChI is InChI=1S/C8H12N2OS/c9-3-7-4-10-8(12-7)6-1-2-11-5-6/h4,6H,1-3,5,9H2. The summed E-state index contributed by atoms with van der Waals surface area (Å²) < 4.78 is 5.29. The third kappa shape index (κ3) is 1.50. The number of hydrogen-bond donors (Lipinski definition) is 1. The van der Waals surface area contributed by atoms with E-state index in [0.29, 0.717) is 12.5 Å². The van der Waals surface area contributed by atoms with Crippen molar-refractivity contribution in [1.29, 1.82) is 0 Å². The summed E-state index contributed by atoms with van der Waals surface area (Å²) in [6.45, 7) is 2.31. The number of ether oxygens (including phenoxy) is 1. The van der Waals surface area contributed by atoms with Gasteiger partial charge in [-0.05, 0) is 6.42 Å². The van der Waals surface area contributed by atoms with E-state index in [1.165, 1.54) is 5.01 Å². The lowest BCUT2D eigenvalue weighted by Crippen LogP contribution is -1.95. The smallest absolute Gasteiger partial charge is 0.0982 e. The number of nitrogens with two attached hydrogens (primary N) is 1. The minimum absolute atomic E-state index is 0.523. The van der Waals surface area contributed by atoms with E-state index in [4.69, 9.17) is 10.5 Å². The number of aromatic nitrogens is 1. The first kappa shape index (κ1) is 8.16. The van der Waals surface area contributed by atoms with Gasteiger partial charge in [-0.1, -0.05) is 0 Å². The van der Waals surface area contributed by atoms with E-state index >= 15 is 0 Å². The molecule has 12 heavy (non-hydrogen) atoms. The van der Waals surface area contributed by atoms with Gasteiger partial charge in [0.05, 0.1) is 11.6 Å². The third-order valence-corrected chi connectivity index (χ3v) is 3.23. The summed E-state index contributed by atoms with van der Waals surface area (Å²) in [5, 5.41) is 1.19. The van der Waals surface area contributed by atoms with Crippen molar-refractivity contribution >= 4 is 11.3 Å². The monoisotopic (exact) mass is 184 g/mol. The Morgan fingerprint density at radius 1 is 1.75 bits per heavy atom. The van der Waals surface area contributed by atoms with Crippen LogP contribution in [-0.2, 0) is 11.3 Å². The van der Waals surface area contributed by atoms with Gasteiger partial charge in [-0.25, -0.2) is 4.98 Å². The van der Waals surface area contributed by atoms with E-state index < -0.39 is 0 Å². The summed E-state index contributed by atoms with van der Waals surface area (Å²) in [5.74, 6) is 0.523. The zero-order valence-corrected chi connectivity index (χ0v) is 7.64. The fourth-order valence-corrected chi connectivity index (χ4v) is 2.25. The maximum absolute atomic E-state index is 5.50. The Balaban J connectivity index is 2.11. The Morgan fingerprint density at radius 2 is 2.67 bits per heavy atom. The molecule has 0 bridgehead atoms. The molecular formula is C8H12N2OS. The van der Waals surface area contributed by atoms with Crippen LogP contribution in [0.1, 0.15) is 22.2 Å². The van der Waals surface area contributed by atoms with Gasteiger partial charge in [0.1, 0.15) is 0 Å². The molecule has 2 rings (SSSR count). The van der Waals surface area contributed by atoms with Crippen molar-refractivity contribution in [3.05, 3.63) is 16.1 Å². The third-order valence-electron chi connectivity index (χ3n) is 2.05. The summed E-state index contributed by atoms with van der Waals surface area (Å²) in [6, 6.07) is 0. The molecule has 1 atom stereocenters. The Bertz CT molecular complexity index is 255. The summed E-state index contributed by atoms with van der Waals surface area (Å²) in [4.78, 5) is 5.49. The molecule has 2 heterocycles. The van der Waals surface area contributed by atoms with Gasteiger partial charge in [-0.15, -0.1) is 11.3 Å². The zero-order chi connectivity index (χ0) is 8.39. The van der Waals surface area contributed by atoms with Gasteiger partial charge < -0.3 is 10.5 Å². The Labute approximate surface area is 75.6 Å². The molecule has 2 N–H and O–H groups in total. The second kappa shape index (κ2) is 3.51. The van der Waals surface area contributed by atoms with Crippen LogP contribution in [0.2, 0.25) is 0 Å². The van der Waals surface area contributed by atoms with Crippen molar-refractivity contribution in [3.8, 4) is 0 Å². The second-order valence-electron chi connectivity index (χ2n) is 2.93. The Hall–Kier alpha value is -0.450. The minimum Gasteiger partial charge on any atom is -0.381 e.